The van der Waals surface area contributed by atoms with E-state index in [-0.39, 0.29) is 23.1 Å². The van der Waals surface area contributed by atoms with E-state index >= 15 is 0 Å². The number of carbonyl (C=O) groups is 1. The summed E-state index contributed by atoms with van der Waals surface area (Å²) < 4.78 is 5.17. The summed E-state index contributed by atoms with van der Waals surface area (Å²) in [6.07, 6.45) is 1.87. The number of aldehydes is 1. The van der Waals surface area contributed by atoms with Gasteiger partial charge < -0.3 is 15.5 Å². The number of rotatable bonds is 4. The summed E-state index contributed by atoms with van der Waals surface area (Å²) in [4.78, 5) is 18.4. The number of carbonyl (C=O) groups excluding carboxylic acids is 1. The number of anilines is 2. The zero-order chi connectivity index (χ0) is 13.1. The molecular formula is C11H11N5O2. The van der Waals surface area contributed by atoms with Gasteiger partial charge in [-0.2, -0.15) is 0 Å². The fourth-order valence-electron chi connectivity index (χ4n) is 1.51. The van der Waals surface area contributed by atoms with Crippen molar-refractivity contribution in [2.24, 2.45) is 0 Å². The summed E-state index contributed by atoms with van der Waals surface area (Å²) in [5, 5.41) is 10.9. The zero-order valence-corrected chi connectivity index (χ0v) is 9.60. The Bertz CT molecular complexity index is 605. The van der Waals surface area contributed by atoms with Crippen LogP contribution in [0.15, 0.2) is 22.9 Å². The highest BCUT2D eigenvalue weighted by atomic mass is 16.3. The van der Waals surface area contributed by atoms with Crippen molar-refractivity contribution in [1.82, 2.24) is 9.97 Å². The Labute approximate surface area is 103 Å². The minimum Gasteiger partial charge on any atom is -0.452 e. The van der Waals surface area contributed by atoms with Gasteiger partial charge in [-0.15, -0.1) is 0 Å². The van der Waals surface area contributed by atoms with E-state index in [1.807, 2.05) is 0 Å². The number of furan rings is 1. The molecule has 0 amide bonds. The number of aromatic nitrogens is 2. The molecule has 0 radical (unpaired) electrons. The highest BCUT2D eigenvalue weighted by Gasteiger charge is 2.18. The summed E-state index contributed by atoms with van der Waals surface area (Å²) in [7, 11) is 1.66. The zero-order valence-electron chi connectivity index (χ0n) is 9.60. The van der Waals surface area contributed by atoms with Gasteiger partial charge in [0.05, 0.1) is 5.56 Å². The maximum atomic E-state index is 10.5. The van der Waals surface area contributed by atoms with Gasteiger partial charge in [0.15, 0.2) is 17.8 Å². The van der Waals surface area contributed by atoms with Crippen molar-refractivity contribution in [2.75, 3.05) is 18.1 Å². The topological polar surface area (TPSA) is 118 Å². The van der Waals surface area contributed by atoms with Crippen LogP contribution in [0.2, 0.25) is 0 Å². The van der Waals surface area contributed by atoms with E-state index in [1.54, 1.807) is 7.05 Å². The molecule has 2 rings (SSSR count). The Hall–Kier alpha value is -2.70. The fraction of sp³-hybridized carbons (Fsp3) is 0.0909. The molecule has 0 saturated heterocycles. The lowest BCUT2D eigenvalue weighted by Crippen LogP contribution is -2.11. The molecule has 0 fully saturated rings. The fourth-order valence-corrected chi connectivity index (χ4v) is 1.51. The molecule has 0 spiro atoms. The predicted molar refractivity (Wildman–Crippen MR) is 66.0 cm³/mol. The molecule has 0 aliphatic carbocycles. The van der Waals surface area contributed by atoms with Crippen molar-refractivity contribution in [3.63, 3.8) is 0 Å². The van der Waals surface area contributed by atoms with Crippen LogP contribution in [0, 0.1) is 5.41 Å². The van der Waals surface area contributed by atoms with Crippen molar-refractivity contribution in [1.29, 1.82) is 5.41 Å². The summed E-state index contributed by atoms with van der Waals surface area (Å²) >= 11 is 0. The average molecular weight is 245 g/mol. The highest BCUT2D eigenvalue weighted by molar-refractivity contribution is 6.14. The van der Waals surface area contributed by atoms with Gasteiger partial charge >= 0.3 is 0 Å². The molecule has 0 unspecified atom stereocenters. The minimum atomic E-state index is 0.0190. The molecule has 0 bridgehead atoms. The van der Waals surface area contributed by atoms with Gasteiger partial charge in [0.2, 0.25) is 0 Å². The molecule has 2 heterocycles. The Morgan fingerprint density at radius 2 is 2.28 bits per heavy atom. The third-order valence-electron chi connectivity index (χ3n) is 2.35. The lowest BCUT2D eigenvalue weighted by atomic mass is 10.1. The first-order valence-electron chi connectivity index (χ1n) is 5.10. The molecule has 92 valence electrons. The molecule has 0 atom stereocenters. The second kappa shape index (κ2) is 4.66. The van der Waals surface area contributed by atoms with Gasteiger partial charge in [-0.25, -0.2) is 9.97 Å². The van der Waals surface area contributed by atoms with Crippen LogP contribution in [0.4, 0.5) is 11.6 Å². The largest absolute Gasteiger partial charge is 0.452 e. The van der Waals surface area contributed by atoms with E-state index in [9.17, 15) is 4.79 Å². The monoisotopic (exact) mass is 245 g/mol. The molecule has 18 heavy (non-hydrogen) atoms. The van der Waals surface area contributed by atoms with Gasteiger partial charge in [-0.05, 0) is 12.1 Å². The normalized spacial score (nSPS) is 10.1. The molecule has 7 nitrogen and oxygen atoms in total. The van der Waals surface area contributed by atoms with E-state index in [0.29, 0.717) is 17.7 Å². The first kappa shape index (κ1) is 11.8. The van der Waals surface area contributed by atoms with Gasteiger partial charge in [-0.1, -0.05) is 0 Å². The van der Waals surface area contributed by atoms with Crippen LogP contribution < -0.4 is 11.1 Å². The molecule has 0 saturated carbocycles. The van der Waals surface area contributed by atoms with E-state index in [1.165, 1.54) is 18.5 Å². The smallest absolute Gasteiger partial charge is 0.185 e. The number of nitrogens with two attached hydrogens (primary N) is 1. The van der Waals surface area contributed by atoms with Crippen molar-refractivity contribution < 1.29 is 9.21 Å². The summed E-state index contributed by atoms with van der Waals surface area (Å²) in [5.74, 6) is 0.978. The van der Waals surface area contributed by atoms with Gasteiger partial charge in [0, 0.05) is 7.05 Å². The minimum absolute atomic E-state index is 0.0190. The quantitative estimate of drug-likeness (QED) is 0.544. The first-order chi connectivity index (χ1) is 8.67. The maximum Gasteiger partial charge on any atom is 0.185 e. The molecule has 0 aromatic carbocycles. The Balaban J connectivity index is 2.48. The van der Waals surface area contributed by atoms with Crippen molar-refractivity contribution in [3.05, 3.63) is 35.5 Å². The Morgan fingerprint density at radius 1 is 1.50 bits per heavy atom. The van der Waals surface area contributed by atoms with Gasteiger partial charge in [0.25, 0.3) is 0 Å². The predicted octanol–water partition coefficient (Wildman–Crippen LogP) is 0.922. The van der Waals surface area contributed by atoms with Crippen molar-refractivity contribution in [2.45, 2.75) is 0 Å². The van der Waals surface area contributed by atoms with E-state index in [2.05, 4.69) is 15.3 Å². The standard InChI is InChI=1S/C11H11N5O2/c1-14-11-8(10(13)15-5-16-11)9(12)7-3-2-6(4-17)18-7/h2-5,12H,1H3,(H3,13,14,15,16). The Kier molecular flexibility index (Phi) is 3.05. The molecule has 2 aromatic heterocycles. The van der Waals surface area contributed by atoms with Crippen LogP contribution in [-0.2, 0) is 0 Å². The number of nitrogens with one attached hydrogen (secondary N) is 2. The van der Waals surface area contributed by atoms with Crippen LogP contribution in [0.25, 0.3) is 0 Å². The van der Waals surface area contributed by atoms with Crippen molar-refractivity contribution in [3.8, 4) is 0 Å². The number of hydrogen-bond acceptors (Lipinski definition) is 7. The second-order valence-electron chi connectivity index (χ2n) is 3.43. The SMILES string of the molecule is CNc1ncnc(N)c1C(=N)c1ccc(C=O)o1. The molecule has 7 heteroatoms. The Morgan fingerprint density at radius 3 is 2.89 bits per heavy atom. The molecule has 0 aliphatic rings. The van der Waals surface area contributed by atoms with Crippen LogP contribution >= 0.6 is 0 Å². The van der Waals surface area contributed by atoms with Gasteiger partial charge in [0.1, 0.15) is 23.7 Å². The van der Waals surface area contributed by atoms with Crippen LogP contribution in [0.5, 0.6) is 0 Å². The second-order valence-corrected chi connectivity index (χ2v) is 3.43. The van der Waals surface area contributed by atoms with Crippen LogP contribution in [0.3, 0.4) is 0 Å². The average Bonchev–Trinajstić information content (AvgIpc) is 2.86. The lowest BCUT2D eigenvalue weighted by Gasteiger charge is -2.09. The van der Waals surface area contributed by atoms with Crippen LogP contribution in [-0.4, -0.2) is 29.0 Å². The van der Waals surface area contributed by atoms with E-state index in [4.69, 9.17) is 15.6 Å². The molecular weight excluding hydrogens is 234 g/mol. The van der Waals surface area contributed by atoms with E-state index in [0.717, 1.165) is 0 Å². The number of nitrogens with zero attached hydrogens (tertiary/aromatic N) is 2. The highest BCUT2D eigenvalue weighted by Crippen LogP contribution is 2.21. The summed E-state index contributed by atoms with van der Waals surface area (Å²) in [6, 6.07) is 3.01. The molecule has 2 aromatic rings. The maximum absolute atomic E-state index is 10.5. The van der Waals surface area contributed by atoms with Crippen LogP contribution in [0.1, 0.15) is 21.9 Å². The first-order valence-corrected chi connectivity index (χ1v) is 5.10. The third-order valence-corrected chi connectivity index (χ3v) is 2.35. The number of hydrogen-bond donors (Lipinski definition) is 3. The third kappa shape index (κ3) is 1.93. The lowest BCUT2D eigenvalue weighted by molar-refractivity contribution is 0.110. The molecule has 0 aliphatic heterocycles. The number of nitrogen functional groups attached to an aromatic ring is 1. The van der Waals surface area contributed by atoms with E-state index < -0.39 is 0 Å². The molecule has 4 N–H and O–H groups in total. The van der Waals surface area contributed by atoms with Gasteiger partial charge in [-0.3, -0.25) is 10.2 Å². The summed E-state index contributed by atoms with van der Waals surface area (Å²) in [5.41, 5.74) is 6.09. The summed E-state index contributed by atoms with van der Waals surface area (Å²) in [6.45, 7) is 0. The van der Waals surface area contributed by atoms with Crippen molar-refractivity contribution >= 4 is 23.6 Å².